The van der Waals surface area contributed by atoms with Gasteiger partial charge in [-0.15, -0.1) is 0 Å². The molecule has 9 aromatic rings. The molecule has 9 rings (SSSR count). The Hall–Kier alpha value is -6.76. The molecule has 0 amide bonds. The second kappa shape index (κ2) is 11.8. The first kappa shape index (κ1) is 28.5. The van der Waals surface area contributed by atoms with E-state index in [2.05, 4.69) is 150 Å². The first-order valence-electron chi connectivity index (χ1n) is 16.4. The predicted octanol–water partition coefficient (Wildman–Crippen LogP) is 11.9. The van der Waals surface area contributed by atoms with Crippen LogP contribution in [0, 0.1) is 11.3 Å². The average Bonchev–Trinajstić information content (AvgIpc) is 3.51. The van der Waals surface area contributed by atoms with Gasteiger partial charge in [0, 0.05) is 27.6 Å². The van der Waals surface area contributed by atoms with Crippen LogP contribution in [0.4, 0.5) is 0 Å². The van der Waals surface area contributed by atoms with Crippen LogP contribution in [-0.2, 0) is 0 Å². The van der Waals surface area contributed by atoms with E-state index in [-0.39, 0.29) is 0 Å². The summed E-state index contributed by atoms with van der Waals surface area (Å²) in [6, 6.07) is 63.8. The summed E-state index contributed by atoms with van der Waals surface area (Å²) in [4.78, 5) is 5.15. The summed E-state index contributed by atoms with van der Waals surface area (Å²) < 4.78 is 2.38. The monoisotopic (exact) mass is 623 g/mol. The predicted molar refractivity (Wildman–Crippen MR) is 203 cm³/mol. The minimum atomic E-state index is 0.630. The fraction of sp³-hybridized carbons (Fsp3) is 0. The molecule has 0 aliphatic heterocycles. The van der Waals surface area contributed by atoms with Gasteiger partial charge in [0.25, 0.3) is 0 Å². The van der Waals surface area contributed by atoms with Crippen LogP contribution in [0.5, 0.6) is 0 Å². The Morgan fingerprint density at radius 3 is 1.98 bits per heavy atom. The second-order valence-electron chi connectivity index (χ2n) is 12.3. The Morgan fingerprint density at radius 2 is 1.10 bits per heavy atom. The lowest BCUT2D eigenvalue weighted by atomic mass is 9.97. The van der Waals surface area contributed by atoms with Gasteiger partial charge in [0.2, 0.25) is 0 Å². The molecule has 3 heteroatoms. The molecule has 2 heterocycles. The minimum absolute atomic E-state index is 0.630. The van der Waals surface area contributed by atoms with Crippen molar-refractivity contribution >= 4 is 32.6 Å². The number of benzene rings is 7. The number of para-hydroxylation sites is 1. The SMILES string of the molecule is N#Cc1cccc(-c2cc(-c3cccc(-c4ccccc4)n3)cc(-n3c4ccccc4c4ccc(-c5cccc6ccccc56)cc43)c2)c1. The lowest BCUT2D eigenvalue weighted by Crippen LogP contribution is -1.97. The van der Waals surface area contributed by atoms with Crippen molar-refractivity contribution in [1.29, 1.82) is 5.26 Å². The molecule has 0 fully saturated rings. The topological polar surface area (TPSA) is 41.6 Å². The number of fused-ring (bicyclic) bond motifs is 4. The molecule has 0 bridgehead atoms. The first-order chi connectivity index (χ1) is 24.2. The molecule has 0 aliphatic rings. The largest absolute Gasteiger partial charge is 0.309 e. The van der Waals surface area contributed by atoms with E-state index in [1.807, 2.05) is 36.4 Å². The number of rotatable bonds is 5. The summed E-state index contributed by atoms with van der Waals surface area (Å²) in [5.41, 5.74) is 12.2. The number of aromatic nitrogens is 2. The third-order valence-electron chi connectivity index (χ3n) is 9.39. The zero-order chi connectivity index (χ0) is 32.7. The lowest BCUT2D eigenvalue weighted by Gasteiger charge is -2.15. The molecule has 0 radical (unpaired) electrons. The molecule has 49 heavy (non-hydrogen) atoms. The average molecular weight is 624 g/mol. The van der Waals surface area contributed by atoms with E-state index in [1.165, 1.54) is 32.7 Å². The van der Waals surface area contributed by atoms with Gasteiger partial charge in [-0.2, -0.15) is 5.26 Å². The highest BCUT2D eigenvalue weighted by Gasteiger charge is 2.17. The molecule has 0 atom stereocenters. The van der Waals surface area contributed by atoms with Gasteiger partial charge in [0.1, 0.15) is 0 Å². The van der Waals surface area contributed by atoms with Crippen LogP contribution >= 0.6 is 0 Å². The maximum absolute atomic E-state index is 9.74. The fourth-order valence-corrected chi connectivity index (χ4v) is 7.08. The summed E-state index contributed by atoms with van der Waals surface area (Å²) in [7, 11) is 0. The highest BCUT2D eigenvalue weighted by Crippen LogP contribution is 2.39. The van der Waals surface area contributed by atoms with Crippen LogP contribution in [0.2, 0.25) is 0 Å². The molecule has 0 spiro atoms. The van der Waals surface area contributed by atoms with Gasteiger partial charge in [0.15, 0.2) is 0 Å². The Balaban J connectivity index is 1.31. The zero-order valence-corrected chi connectivity index (χ0v) is 26.6. The van der Waals surface area contributed by atoms with Gasteiger partial charge in [-0.3, -0.25) is 0 Å². The molecular weight excluding hydrogens is 595 g/mol. The van der Waals surface area contributed by atoms with Gasteiger partial charge >= 0.3 is 0 Å². The Kier molecular flexibility index (Phi) is 6.85. The smallest absolute Gasteiger partial charge is 0.0991 e. The van der Waals surface area contributed by atoms with Gasteiger partial charge in [-0.25, -0.2) is 4.98 Å². The number of nitrogens with zero attached hydrogens (tertiary/aromatic N) is 3. The van der Waals surface area contributed by atoms with E-state index in [4.69, 9.17) is 4.98 Å². The number of hydrogen-bond acceptors (Lipinski definition) is 2. The quantitative estimate of drug-likeness (QED) is 0.191. The van der Waals surface area contributed by atoms with E-state index in [0.29, 0.717) is 5.56 Å². The van der Waals surface area contributed by atoms with Crippen LogP contribution < -0.4 is 0 Å². The third-order valence-corrected chi connectivity index (χ3v) is 9.39. The van der Waals surface area contributed by atoms with Crippen molar-refractivity contribution in [3.05, 3.63) is 181 Å². The molecule has 0 saturated heterocycles. The van der Waals surface area contributed by atoms with E-state index >= 15 is 0 Å². The van der Waals surface area contributed by atoms with Crippen molar-refractivity contribution in [1.82, 2.24) is 9.55 Å². The molecule has 0 saturated carbocycles. The zero-order valence-electron chi connectivity index (χ0n) is 26.6. The third kappa shape index (κ3) is 5.04. The number of hydrogen-bond donors (Lipinski definition) is 0. The van der Waals surface area contributed by atoms with Gasteiger partial charge in [-0.1, -0.05) is 121 Å². The summed E-state index contributed by atoms with van der Waals surface area (Å²) in [6.45, 7) is 0. The van der Waals surface area contributed by atoms with Gasteiger partial charge in [0.05, 0.1) is 34.1 Å². The van der Waals surface area contributed by atoms with Crippen LogP contribution in [0.25, 0.3) is 83.0 Å². The second-order valence-corrected chi connectivity index (χ2v) is 12.3. The molecule has 2 aromatic heterocycles. The molecule has 3 nitrogen and oxygen atoms in total. The number of nitriles is 1. The van der Waals surface area contributed by atoms with Crippen LogP contribution in [0.15, 0.2) is 176 Å². The Morgan fingerprint density at radius 1 is 0.429 bits per heavy atom. The summed E-state index contributed by atoms with van der Waals surface area (Å²) in [6.07, 6.45) is 0. The number of pyridine rings is 1. The van der Waals surface area contributed by atoms with Gasteiger partial charge < -0.3 is 4.57 Å². The molecule has 0 unspecified atom stereocenters. The van der Waals surface area contributed by atoms with Crippen molar-refractivity contribution in [3.63, 3.8) is 0 Å². The highest BCUT2D eigenvalue weighted by molar-refractivity contribution is 6.11. The summed E-state index contributed by atoms with van der Waals surface area (Å²) in [5, 5.41) is 14.6. The van der Waals surface area contributed by atoms with Crippen molar-refractivity contribution in [2.75, 3.05) is 0 Å². The standard InChI is InChI=1S/C46H29N3/c47-30-31-11-8-16-34(25-31)36-26-37(44-21-10-20-43(48-44)33-13-2-1-3-14-33)28-38(27-36)49-45-22-7-6-18-41(45)42-24-23-35(29-46(42)49)40-19-9-15-32-12-4-5-17-39(32)40/h1-29H. The van der Waals surface area contributed by atoms with Crippen molar-refractivity contribution in [3.8, 4) is 56.5 Å². The minimum Gasteiger partial charge on any atom is -0.309 e. The molecular formula is C46H29N3. The Labute approximate surface area is 284 Å². The lowest BCUT2D eigenvalue weighted by molar-refractivity contribution is 1.18. The normalized spacial score (nSPS) is 11.2. The van der Waals surface area contributed by atoms with Crippen LogP contribution in [0.1, 0.15) is 5.56 Å². The van der Waals surface area contributed by atoms with Crippen molar-refractivity contribution in [2.45, 2.75) is 0 Å². The summed E-state index contributed by atoms with van der Waals surface area (Å²) in [5.74, 6) is 0. The highest BCUT2D eigenvalue weighted by atomic mass is 15.0. The maximum atomic E-state index is 9.74. The Bertz CT molecular complexity index is 2720. The van der Waals surface area contributed by atoms with Crippen molar-refractivity contribution in [2.24, 2.45) is 0 Å². The fourth-order valence-electron chi connectivity index (χ4n) is 7.08. The molecule has 0 aliphatic carbocycles. The van der Waals surface area contributed by atoms with E-state index in [1.54, 1.807) is 0 Å². The van der Waals surface area contributed by atoms with E-state index < -0.39 is 0 Å². The molecule has 7 aromatic carbocycles. The van der Waals surface area contributed by atoms with Crippen LogP contribution in [-0.4, -0.2) is 9.55 Å². The summed E-state index contributed by atoms with van der Waals surface area (Å²) >= 11 is 0. The van der Waals surface area contributed by atoms with Crippen LogP contribution in [0.3, 0.4) is 0 Å². The molecule has 228 valence electrons. The van der Waals surface area contributed by atoms with Gasteiger partial charge in [-0.05, 0) is 87.6 Å². The first-order valence-corrected chi connectivity index (χ1v) is 16.4. The molecule has 0 N–H and O–H groups in total. The van der Waals surface area contributed by atoms with Crippen molar-refractivity contribution < 1.29 is 0 Å². The van der Waals surface area contributed by atoms with E-state index in [0.717, 1.165) is 50.4 Å². The van der Waals surface area contributed by atoms with E-state index in [9.17, 15) is 5.26 Å². The maximum Gasteiger partial charge on any atom is 0.0991 e.